The predicted octanol–water partition coefficient (Wildman–Crippen LogP) is 4.11. The number of rotatable bonds is 6. The Kier molecular flexibility index (Phi) is 6.02. The first-order valence-corrected chi connectivity index (χ1v) is 10.4. The van der Waals surface area contributed by atoms with Crippen LogP contribution in [0.3, 0.4) is 0 Å². The van der Waals surface area contributed by atoms with Gasteiger partial charge in [-0.2, -0.15) is 0 Å². The Morgan fingerprint density at radius 2 is 1.83 bits per heavy atom. The van der Waals surface area contributed by atoms with E-state index in [2.05, 4.69) is 5.32 Å². The van der Waals surface area contributed by atoms with E-state index < -0.39 is 0 Å². The van der Waals surface area contributed by atoms with Gasteiger partial charge in [0.2, 0.25) is 0 Å². The molecule has 30 heavy (non-hydrogen) atoms. The smallest absolute Gasteiger partial charge is 0.289 e. The number of benzene rings is 2. The lowest BCUT2D eigenvalue weighted by Gasteiger charge is -2.31. The van der Waals surface area contributed by atoms with Crippen molar-refractivity contribution in [2.24, 2.45) is 5.92 Å². The third-order valence-corrected chi connectivity index (χ3v) is 5.52. The third-order valence-electron chi connectivity index (χ3n) is 5.52. The van der Waals surface area contributed by atoms with Crippen LogP contribution in [-0.2, 0) is 0 Å². The number of likely N-dealkylation sites (tertiary alicyclic amines) is 1. The molecule has 3 aromatic rings. The number of para-hydroxylation sites is 1. The van der Waals surface area contributed by atoms with Crippen molar-refractivity contribution in [3.63, 3.8) is 0 Å². The van der Waals surface area contributed by atoms with Gasteiger partial charge in [-0.05, 0) is 62.1 Å². The van der Waals surface area contributed by atoms with Gasteiger partial charge in [-0.3, -0.25) is 9.59 Å². The molecular weight excluding hydrogens is 380 g/mol. The van der Waals surface area contributed by atoms with Crippen LogP contribution in [0.15, 0.2) is 59.0 Å². The highest BCUT2D eigenvalue weighted by molar-refractivity contribution is 5.96. The van der Waals surface area contributed by atoms with E-state index in [9.17, 15) is 9.59 Å². The molecule has 1 aromatic heterocycles. The second-order valence-corrected chi connectivity index (χ2v) is 7.55. The molecule has 2 amide bonds. The van der Waals surface area contributed by atoms with Crippen molar-refractivity contribution in [2.45, 2.75) is 19.8 Å². The van der Waals surface area contributed by atoms with E-state index in [1.807, 2.05) is 36.1 Å². The van der Waals surface area contributed by atoms with Crippen LogP contribution in [0.25, 0.3) is 11.0 Å². The molecular formula is C24H26N2O4. The summed E-state index contributed by atoms with van der Waals surface area (Å²) in [7, 11) is 0. The first kappa shape index (κ1) is 20.0. The standard InChI is InChI=1S/C24H26N2O4/c1-2-29-20-9-7-18(8-10-20)23(27)25-16-17-11-13-26(14-12-17)24(28)22-15-19-5-3-4-6-21(19)30-22/h3-10,15,17H,2,11-14,16H2,1H3,(H,25,27). The van der Waals surface area contributed by atoms with Crippen LogP contribution in [0, 0.1) is 5.92 Å². The lowest BCUT2D eigenvalue weighted by Crippen LogP contribution is -2.41. The van der Waals surface area contributed by atoms with Crippen molar-refractivity contribution < 1.29 is 18.7 Å². The number of nitrogens with one attached hydrogen (secondary N) is 1. The van der Waals surface area contributed by atoms with Crippen LogP contribution >= 0.6 is 0 Å². The summed E-state index contributed by atoms with van der Waals surface area (Å²) >= 11 is 0. The summed E-state index contributed by atoms with van der Waals surface area (Å²) in [5, 5.41) is 3.95. The number of piperidine rings is 1. The molecule has 1 saturated heterocycles. The van der Waals surface area contributed by atoms with Crippen LogP contribution in [-0.4, -0.2) is 43.0 Å². The Bertz CT molecular complexity index is 984. The first-order chi connectivity index (χ1) is 14.6. The summed E-state index contributed by atoms with van der Waals surface area (Å²) in [6.45, 7) is 4.47. The fraction of sp³-hybridized carbons (Fsp3) is 0.333. The summed E-state index contributed by atoms with van der Waals surface area (Å²) in [5.41, 5.74) is 1.35. The van der Waals surface area contributed by atoms with Crippen LogP contribution in [0.4, 0.5) is 0 Å². The van der Waals surface area contributed by atoms with Crippen molar-refractivity contribution in [3.8, 4) is 5.75 Å². The van der Waals surface area contributed by atoms with E-state index in [4.69, 9.17) is 9.15 Å². The quantitative estimate of drug-likeness (QED) is 0.669. The van der Waals surface area contributed by atoms with Gasteiger partial charge in [-0.15, -0.1) is 0 Å². The summed E-state index contributed by atoms with van der Waals surface area (Å²) in [4.78, 5) is 27.0. The minimum absolute atomic E-state index is 0.0666. The van der Waals surface area contributed by atoms with Gasteiger partial charge in [0.05, 0.1) is 6.61 Å². The highest BCUT2D eigenvalue weighted by Gasteiger charge is 2.26. The maximum Gasteiger partial charge on any atom is 0.289 e. The number of furan rings is 1. The van der Waals surface area contributed by atoms with Gasteiger partial charge in [-0.1, -0.05) is 18.2 Å². The molecule has 4 rings (SSSR count). The fourth-order valence-electron chi connectivity index (χ4n) is 3.79. The van der Waals surface area contributed by atoms with Gasteiger partial charge < -0.3 is 19.4 Å². The zero-order valence-corrected chi connectivity index (χ0v) is 17.1. The number of carbonyl (C=O) groups is 2. The summed E-state index contributed by atoms with van der Waals surface area (Å²) < 4.78 is 11.1. The number of ether oxygens (including phenoxy) is 1. The summed E-state index contributed by atoms with van der Waals surface area (Å²) in [6, 6.07) is 16.6. The monoisotopic (exact) mass is 406 g/mol. The number of carbonyl (C=O) groups excluding carboxylic acids is 2. The maximum absolute atomic E-state index is 12.8. The molecule has 0 atom stereocenters. The fourth-order valence-corrected chi connectivity index (χ4v) is 3.79. The Morgan fingerprint density at radius 1 is 1.10 bits per heavy atom. The largest absolute Gasteiger partial charge is 0.494 e. The van der Waals surface area contributed by atoms with Gasteiger partial charge in [-0.25, -0.2) is 0 Å². The van der Waals surface area contributed by atoms with Gasteiger partial charge in [0.25, 0.3) is 11.8 Å². The van der Waals surface area contributed by atoms with Crippen LogP contribution < -0.4 is 10.1 Å². The predicted molar refractivity (Wildman–Crippen MR) is 115 cm³/mol. The highest BCUT2D eigenvalue weighted by atomic mass is 16.5. The molecule has 0 aliphatic carbocycles. The molecule has 0 bridgehead atoms. The average molecular weight is 406 g/mol. The zero-order chi connectivity index (χ0) is 20.9. The minimum atomic E-state index is -0.0844. The number of nitrogens with zero attached hydrogens (tertiary/aromatic N) is 1. The van der Waals surface area contributed by atoms with E-state index in [-0.39, 0.29) is 11.8 Å². The molecule has 1 fully saturated rings. The van der Waals surface area contributed by atoms with Crippen LogP contribution in [0.5, 0.6) is 5.75 Å². The molecule has 156 valence electrons. The van der Waals surface area contributed by atoms with Gasteiger partial charge >= 0.3 is 0 Å². The molecule has 1 N–H and O–H groups in total. The van der Waals surface area contributed by atoms with E-state index in [0.717, 1.165) is 29.6 Å². The number of hydrogen-bond donors (Lipinski definition) is 1. The summed E-state index contributed by atoms with van der Waals surface area (Å²) in [6.07, 6.45) is 1.71. The topological polar surface area (TPSA) is 71.8 Å². The van der Waals surface area contributed by atoms with Gasteiger partial charge in [0.15, 0.2) is 5.76 Å². The Morgan fingerprint density at radius 3 is 2.53 bits per heavy atom. The molecule has 0 radical (unpaired) electrons. The Balaban J connectivity index is 1.26. The summed E-state index contributed by atoms with van der Waals surface area (Å²) in [5.74, 6) is 1.35. The lowest BCUT2D eigenvalue weighted by atomic mass is 9.96. The van der Waals surface area contributed by atoms with Crippen molar-refractivity contribution in [2.75, 3.05) is 26.2 Å². The number of amides is 2. The third kappa shape index (κ3) is 4.48. The van der Waals surface area contributed by atoms with E-state index in [1.165, 1.54) is 0 Å². The minimum Gasteiger partial charge on any atom is -0.494 e. The van der Waals surface area contributed by atoms with Crippen molar-refractivity contribution in [3.05, 3.63) is 65.9 Å². The molecule has 2 aromatic carbocycles. The molecule has 1 aliphatic heterocycles. The van der Waals surface area contributed by atoms with Crippen LogP contribution in [0.1, 0.15) is 40.7 Å². The molecule has 0 unspecified atom stereocenters. The number of fused-ring (bicyclic) bond motifs is 1. The van der Waals surface area contributed by atoms with E-state index in [0.29, 0.717) is 43.5 Å². The van der Waals surface area contributed by atoms with Crippen molar-refractivity contribution >= 4 is 22.8 Å². The molecule has 0 saturated carbocycles. The van der Waals surface area contributed by atoms with E-state index >= 15 is 0 Å². The average Bonchev–Trinajstić information content (AvgIpc) is 3.22. The lowest BCUT2D eigenvalue weighted by molar-refractivity contribution is 0.0655. The van der Waals surface area contributed by atoms with Crippen molar-refractivity contribution in [1.82, 2.24) is 10.2 Å². The first-order valence-electron chi connectivity index (χ1n) is 10.4. The van der Waals surface area contributed by atoms with Gasteiger partial charge in [0, 0.05) is 30.6 Å². The normalized spacial score (nSPS) is 14.6. The molecule has 2 heterocycles. The van der Waals surface area contributed by atoms with E-state index in [1.54, 1.807) is 30.3 Å². The zero-order valence-electron chi connectivity index (χ0n) is 17.1. The second-order valence-electron chi connectivity index (χ2n) is 7.55. The molecule has 6 heteroatoms. The maximum atomic E-state index is 12.8. The Labute approximate surface area is 175 Å². The molecule has 6 nitrogen and oxygen atoms in total. The highest BCUT2D eigenvalue weighted by Crippen LogP contribution is 2.23. The molecule has 1 aliphatic rings. The van der Waals surface area contributed by atoms with Crippen LogP contribution in [0.2, 0.25) is 0 Å². The Hall–Kier alpha value is -3.28. The number of hydrogen-bond acceptors (Lipinski definition) is 4. The SMILES string of the molecule is CCOc1ccc(C(=O)NCC2CCN(C(=O)c3cc4ccccc4o3)CC2)cc1. The second kappa shape index (κ2) is 9.03. The molecule has 0 spiro atoms. The van der Waals surface area contributed by atoms with Gasteiger partial charge in [0.1, 0.15) is 11.3 Å². The van der Waals surface area contributed by atoms with Crippen molar-refractivity contribution in [1.29, 1.82) is 0 Å².